The molecule has 56 valence electrons. The van der Waals surface area contributed by atoms with Crippen molar-refractivity contribution in [2.45, 2.75) is 12.8 Å². The lowest BCUT2D eigenvalue weighted by molar-refractivity contribution is -0.139. The number of hydrogen-bond acceptors (Lipinski definition) is 3. The van der Waals surface area contributed by atoms with Crippen molar-refractivity contribution in [2.75, 3.05) is 0 Å². The minimum absolute atomic E-state index is 0.159. The van der Waals surface area contributed by atoms with E-state index < -0.39 is 11.9 Å². The maximum atomic E-state index is 10.3. The van der Waals surface area contributed by atoms with Gasteiger partial charge in [0, 0.05) is 6.42 Å². The summed E-state index contributed by atoms with van der Waals surface area (Å²) in [7, 11) is 0. The van der Waals surface area contributed by atoms with Crippen molar-refractivity contribution in [3.63, 3.8) is 0 Å². The summed E-state index contributed by atoms with van der Waals surface area (Å²) in [5, 5.41) is 9.88. The first kappa shape index (κ1) is 8.61. The number of carbonyl (C=O) groups is 3. The van der Waals surface area contributed by atoms with Crippen LogP contribution in [0.2, 0.25) is 0 Å². The van der Waals surface area contributed by atoms with E-state index in [1.807, 2.05) is 5.32 Å². The topological polar surface area (TPSA) is 83.5 Å². The van der Waals surface area contributed by atoms with Gasteiger partial charge in [0.25, 0.3) is 0 Å². The smallest absolute Gasteiger partial charge is 0.303 e. The maximum absolute atomic E-state index is 10.3. The predicted octanol–water partition coefficient (Wildman–Crippen LogP) is -0.876. The van der Waals surface area contributed by atoms with Crippen LogP contribution in [0, 0.1) is 0 Å². The molecule has 0 saturated heterocycles. The average molecular weight is 145 g/mol. The van der Waals surface area contributed by atoms with Crippen LogP contribution in [0.15, 0.2) is 0 Å². The molecule has 2 N–H and O–H groups in total. The number of carbonyl (C=O) groups excluding carboxylic acids is 2. The Hall–Kier alpha value is -1.39. The molecule has 0 aliphatic carbocycles. The predicted molar refractivity (Wildman–Crippen MR) is 31.1 cm³/mol. The molecule has 0 aliphatic heterocycles. The SMILES string of the molecule is O=CNC(=O)CCC(=O)O. The van der Waals surface area contributed by atoms with Gasteiger partial charge >= 0.3 is 5.97 Å². The molecular formula is C5H7NO4. The molecule has 0 rings (SSSR count). The summed E-state index contributed by atoms with van der Waals surface area (Å²) in [5.74, 6) is -1.63. The monoisotopic (exact) mass is 145 g/mol. The Balaban J connectivity index is 3.39. The highest BCUT2D eigenvalue weighted by atomic mass is 16.4. The van der Waals surface area contributed by atoms with Gasteiger partial charge in [-0.05, 0) is 0 Å². The molecule has 0 bridgehead atoms. The molecule has 2 amide bonds. The summed E-state index contributed by atoms with van der Waals surface area (Å²) in [6, 6.07) is 0. The van der Waals surface area contributed by atoms with E-state index in [1.54, 1.807) is 0 Å². The number of aliphatic carboxylic acids is 1. The standard InChI is InChI=1S/C5H7NO4/c7-3-6-4(8)1-2-5(9)10/h3H,1-2H2,(H,9,10)(H,6,7,8). The number of hydrogen-bond donors (Lipinski definition) is 2. The summed E-state index contributed by atoms with van der Waals surface area (Å²) in [4.78, 5) is 29.8. The molecule has 0 heterocycles. The van der Waals surface area contributed by atoms with Crippen LogP contribution in [0.5, 0.6) is 0 Å². The van der Waals surface area contributed by atoms with Crippen molar-refractivity contribution in [3.05, 3.63) is 0 Å². The van der Waals surface area contributed by atoms with Gasteiger partial charge in [-0.3, -0.25) is 19.7 Å². The van der Waals surface area contributed by atoms with E-state index >= 15 is 0 Å². The van der Waals surface area contributed by atoms with Crippen molar-refractivity contribution < 1.29 is 19.5 Å². The molecule has 0 aromatic heterocycles. The minimum atomic E-state index is -1.05. The van der Waals surface area contributed by atoms with Crippen LogP contribution >= 0.6 is 0 Å². The number of carboxylic acid groups (broad SMARTS) is 1. The Bertz CT molecular complexity index is 154. The van der Waals surface area contributed by atoms with Crippen LogP contribution in [0.4, 0.5) is 0 Å². The van der Waals surface area contributed by atoms with E-state index in [0.29, 0.717) is 0 Å². The zero-order valence-electron chi connectivity index (χ0n) is 5.16. The fourth-order valence-electron chi connectivity index (χ4n) is 0.358. The van der Waals surface area contributed by atoms with Crippen LogP contribution in [0.1, 0.15) is 12.8 Å². The van der Waals surface area contributed by atoms with Crippen molar-refractivity contribution in [2.24, 2.45) is 0 Å². The summed E-state index contributed by atoms with van der Waals surface area (Å²) in [6.07, 6.45) is -0.183. The molecule has 0 radical (unpaired) electrons. The zero-order chi connectivity index (χ0) is 7.98. The Morgan fingerprint density at radius 3 is 2.40 bits per heavy atom. The van der Waals surface area contributed by atoms with Gasteiger partial charge in [-0.1, -0.05) is 0 Å². The zero-order valence-corrected chi connectivity index (χ0v) is 5.16. The summed E-state index contributed by atoms with van der Waals surface area (Å²) < 4.78 is 0. The first-order chi connectivity index (χ1) is 4.66. The molecule has 0 saturated carbocycles. The number of carboxylic acids is 1. The third-order valence-electron chi connectivity index (χ3n) is 0.786. The van der Waals surface area contributed by atoms with Crippen LogP contribution in [-0.2, 0) is 14.4 Å². The van der Waals surface area contributed by atoms with Crippen LogP contribution in [-0.4, -0.2) is 23.4 Å². The van der Waals surface area contributed by atoms with Gasteiger partial charge in [-0.15, -0.1) is 0 Å². The van der Waals surface area contributed by atoms with Gasteiger partial charge in [0.05, 0.1) is 6.42 Å². The lowest BCUT2D eigenvalue weighted by Crippen LogP contribution is -2.21. The Morgan fingerprint density at radius 2 is 2.00 bits per heavy atom. The van der Waals surface area contributed by atoms with Gasteiger partial charge in [0.15, 0.2) is 0 Å². The number of imide groups is 1. The Kier molecular flexibility index (Phi) is 3.86. The normalized spacial score (nSPS) is 8.40. The lowest BCUT2D eigenvalue weighted by atomic mass is 10.3. The highest BCUT2D eigenvalue weighted by Crippen LogP contribution is 1.86. The molecule has 10 heavy (non-hydrogen) atoms. The Morgan fingerprint density at radius 1 is 1.40 bits per heavy atom. The van der Waals surface area contributed by atoms with Crippen molar-refractivity contribution >= 4 is 18.3 Å². The van der Waals surface area contributed by atoms with Crippen molar-refractivity contribution in [3.8, 4) is 0 Å². The molecule has 0 aromatic carbocycles. The summed E-state index contributed by atoms with van der Waals surface area (Å²) in [6.45, 7) is 0. The Labute approximate surface area is 57.0 Å². The largest absolute Gasteiger partial charge is 0.481 e. The van der Waals surface area contributed by atoms with Crippen LogP contribution < -0.4 is 5.32 Å². The lowest BCUT2D eigenvalue weighted by Gasteiger charge is -1.92. The second-order valence-corrected chi connectivity index (χ2v) is 1.58. The van der Waals surface area contributed by atoms with Gasteiger partial charge in [-0.25, -0.2) is 0 Å². The van der Waals surface area contributed by atoms with Crippen LogP contribution in [0.3, 0.4) is 0 Å². The minimum Gasteiger partial charge on any atom is -0.481 e. The average Bonchev–Trinajstić information content (AvgIpc) is 1.85. The van der Waals surface area contributed by atoms with Crippen molar-refractivity contribution in [1.82, 2.24) is 5.32 Å². The first-order valence-corrected chi connectivity index (χ1v) is 2.61. The van der Waals surface area contributed by atoms with Gasteiger partial charge < -0.3 is 5.11 Å². The molecule has 5 nitrogen and oxygen atoms in total. The maximum Gasteiger partial charge on any atom is 0.303 e. The van der Waals surface area contributed by atoms with E-state index in [4.69, 9.17) is 5.11 Å². The van der Waals surface area contributed by atoms with E-state index in [2.05, 4.69) is 0 Å². The molecule has 0 aromatic rings. The highest BCUT2D eigenvalue weighted by Gasteiger charge is 2.02. The molecule has 0 unspecified atom stereocenters. The first-order valence-electron chi connectivity index (χ1n) is 2.61. The molecular weight excluding hydrogens is 138 g/mol. The fourth-order valence-corrected chi connectivity index (χ4v) is 0.358. The number of rotatable bonds is 4. The molecule has 0 aliphatic rings. The quantitative estimate of drug-likeness (QED) is 0.503. The van der Waals surface area contributed by atoms with E-state index in [0.717, 1.165) is 0 Å². The fraction of sp³-hybridized carbons (Fsp3) is 0.400. The third-order valence-corrected chi connectivity index (χ3v) is 0.786. The molecule has 0 atom stereocenters. The second-order valence-electron chi connectivity index (χ2n) is 1.58. The van der Waals surface area contributed by atoms with Gasteiger partial charge in [0.1, 0.15) is 0 Å². The van der Waals surface area contributed by atoms with Crippen molar-refractivity contribution in [1.29, 1.82) is 0 Å². The molecule has 0 spiro atoms. The van der Waals surface area contributed by atoms with Crippen LogP contribution in [0.25, 0.3) is 0 Å². The van der Waals surface area contributed by atoms with Gasteiger partial charge in [-0.2, -0.15) is 0 Å². The number of nitrogens with one attached hydrogen (secondary N) is 1. The molecule has 0 fully saturated rings. The summed E-state index contributed by atoms with van der Waals surface area (Å²) in [5.41, 5.74) is 0. The summed E-state index contributed by atoms with van der Waals surface area (Å²) >= 11 is 0. The highest BCUT2D eigenvalue weighted by molar-refractivity contribution is 5.87. The number of amides is 2. The van der Waals surface area contributed by atoms with E-state index in [1.165, 1.54) is 0 Å². The van der Waals surface area contributed by atoms with Gasteiger partial charge in [0.2, 0.25) is 12.3 Å². The third kappa shape index (κ3) is 4.76. The second kappa shape index (κ2) is 4.49. The van der Waals surface area contributed by atoms with E-state index in [-0.39, 0.29) is 19.3 Å². The molecule has 5 heteroatoms. The van der Waals surface area contributed by atoms with E-state index in [9.17, 15) is 14.4 Å².